The summed E-state index contributed by atoms with van der Waals surface area (Å²) < 4.78 is 0. The van der Waals surface area contributed by atoms with Crippen LogP contribution in [0.2, 0.25) is 0 Å². The summed E-state index contributed by atoms with van der Waals surface area (Å²) >= 11 is 0. The minimum absolute atomic E-state index is 0.540. The van der Waals surface area contributed by atoms with Crippen molar-refractivity contribution in [2.24, 2.45) is 5.92 Å². The van der Waals surface area contributed by atoms with Gasteiger partial charge in [-0.05, 0) is 57.0 Å². The SMILES string of the molecule is CC(NCc1ccc(C#N)cc1)C1CCCN(C)C1. The quantitative estimate of drug-likeness (QED) is 0.900. The number of nitrogens with one attached hydrogen (secondary N) is 1. The zero-order valence-corrected chi connectivity index (χ0v) is 11.9. The fraction of sp³-hybridized carbons (Fsp3) is 0.562. The first-order chi connectivity index (χ1) is 9.19. The highest BCUT2D eigenvalue weighted by molar-refractivity contribution is 5.31. The minimum Gasteiger partial charge on any atom is -0.310 e. The van der Waals surface area contributed by atoms with Crippen LogP contribution in [0.5, 0.6) is 0 Å². The van der Waals surface area contributed by atoms with Crippen molar-refractivity contribution in [3.05, 3.63) is 35.4 Å². The summed E-state index contributed by atoms with van der Waals surface area (Å²) in [5.41, 5.74) is 1.97. The molecular formula is C16H23N3. The molecule has 2 rings (SSSR count). The number of hydrogen-bond acceptors (Lipinski definition) is 3. The van der Waals surface area contributed by atoms with E-state index < -0.39 is 0 Å². The Morgan fingerprint density at radius 2 is 2.16 bits per heavy atom. The van der Waals surface area contributed by atoms with Crippen LogP contribution in [-0.2, 0) is 6.54 Å². The van der Waals surface area contributed by atoms with Gasteiger partial charge in [-0.1, -0.05) is 12.1 Å². The van der Waals surface area contributed by atoms with Gasteiger partial charge < -0.3 is 10.2 Å². The predicted octanol–water partition coefficient (Wildman–Crippen LogP) is 2.38. The minimum atomic E-state index is 0.540. The van der Waals surface area contributed by atoms with Crippen LogP contribution in [0.4, 0.5) is 0 Å². The molecule has 1 aromatic rings. The highest BCUT2D eigenvalue weighted by atomic mass is 15.1. The maximum Gasteiger partial charge on any atom is 0.0991 e. The molecule has 0 amide bonds. The number of benzene rings is 1. The van der Waals surface area contributed by atoms with Gasteiger partial charge in [0.2, 0.25) is 0 Å². The van der Waals surface area contributed by atoms with Crippen LogP contribution in [0.15, 0.2) is 24.3 Å². The van der Waals surface area contributed by atoms with E-state index in [4.69, 9.17) is 5.26 Å². The van der Waals surface area contributed by atoms with Crippen LogP contribution in [0.25, 0.3) is 0 Å². The standard InChI is InChI=1S/C16H23N3/c1-13(16-4-3-9-19(2)12-16)18-11-15-7-5-14(10-17)6-8-15/h5-8,13,16,18H,3-4,9,11-12H2,1-2H3. The number of piperidine rings is 1. The molecule has 102 valence electrons. The smallest absolute Gasteiger partial charge is 0.0991 e. The summed E-state index contributed by atoms with van der Waals surface area (Å²) in [7, 11) is 2.21. The normalized spacial score (nSPS) is 21.8. The first-order valence-corrected chi connectivity index (χ1v) is 7.10. The van der Waals surface area contributed by atoms with Crippen LogP contribution in [-0.4, -0.2) is 31.1 Å². The summed E-state index contributed by atoms with van der Waals surface area (Å²) in [5.74, 6) is 0.747. The highest BCUT2D eigenvalue weighted by Crippen LogP contribution is 2.18. The second-order valence-corrected chi connectivity index (χ2v) is 5.64. The molecule has 3 heteroatoms. The van der Waals surface area contributed by atoms with E-state index >= 15 is 0 Å². The molecule has 19 heavy (non-hydrogen) atoms. The predicted molar refractivity (Wildman–Crippen MR) is 77.7 cm³/mol. The molecule has 1 saturated heterocycles. The number of nitrogens with zero attached hydrogens (tertiary/aromatic N) is 2. The van der Waals surface area contributed by atoms with E-state index in [0.29, 0.717) is 6.04 Å². The van der Waals surface area contributed by atoms with Crippen LogP contribution in [0.3, 0.4) is 0 Å². The Balaban J connectivity index is 1.82. The first kappa shape index (κ1) is 14.0. The molecule has 2 atom stereocenters. The van der Waals surface area contributed by atoms with Gasteiger partial charge in [-0.3, -0.25) is 0 Å². The molecule has 0 bridgehead atoms. The summed E-state index contributed by atoms with van der Waals surface area (Å²) in [6.07, 6.45) is 2.63. The molecule has 0 spiro atoms. The molecule has 1 fully saturated rings. The van der Waals surface area contributed by atoms with Crippen LogP contribution >= 0.6 is 0 Å². The average Bonchev–Trinajstić information content (AvgIpc) is 2.45. The second-order valence-electron chi connectivity index (χ2n) is 5.64. The van der Waals surface area contributed by atoms with Crippen LogP contribution < -0.4 is 5.32 Å². The summed E-state index contributed by atoms with van der Waals surface area (Å²) in [6.45, 7) is 5.60. The van der Waals surface area contributed by atoms with Gasteiger partial charge >= 0.3 is 0 Å². The first-order valence-electron chi connectivity index (χ1n) is 7.10. The lowest BCUT2D eigenvalue weighted by Crippen LogP contribution is -2.42. The van der Waals surface area contributed by atoms with E-state index in [9.17, 15) is 0 Å². The lowest BCUT2D eigenvalue weighted by Gasteiger charge is -2.34. The molecule has 0 aromatic heterocycles. The Morgan fingerprint density at radius 1 is 1.42 bits per heavy atom. The monoisotopic (exact) mass is 257 g/mol. The van der Waals surface area contributed by atoms with Gasteiger partial charge in [0, 0.05) is 19.1 Å². The largest absolute Gasteiger partial charge is 0.310 e. The van der Waals surface area contributed by atoms with Gasteiger partial charge in [0.15, 0.2) is 0 Å². The third kappa shape index (κ3) is 4.05. The second kappa shape index (κ2) is 6.70. The van der Waals surface area contributed by atoms with Gasteiger partial charge in [-0.25, -0.2) is 0 Å². The number of nitriles is 1. The van der Waals surface area contributed by atoms with E-state index in [1.54, 1.807) is 0 Å². The summed E-state index contributed by atoms with van der Waals surface area (Å²) in [4.78, 5) is 2.42. The molecule has 1 heterocycles. The van der Waals surface area contributed by atoms with E-state index in [2.05, 4.69) is 30.3 Å². The fourth-order valence-corrected chi connectivity index (χ4v) is 2.76. The molecule has 1 N–H and O–H groups in total. The van der Waals surface area contributed by atoms with Crippen LogP contribution in [0, 0.1) is 17.2 Å². The van der Waals surface area contributed by atoms with E-state index in [-0.39, 0.29) is 0 Å². The van der Waals surface area contributed by atoms with Crippen molar-refractivity contribution in [3.8, 4) is 6.07 Å². The lowest BCUT2D eigenvalue weighted by atomic mass is 9.92. The van der Waals surface area contributed by atoms with E-state index in [0.717, 1.165) is 18.0 Å². The molecule has 3 nitrogen and oxygen atoms in total. The fourth-order valence-electron chi connectivity index (χ4n) is 2.76. The van der Waals surface area contributed by atoms with Crippen molar-refractivity contribution in [2.45, 2.75) is 32.4 Å². The van der Waals surface area contributed by atoms with Crippen molar-refractivity contribution in [1.29, 1.82) is 5.26 Å². The molecule has 1 aliphatic heterocycles. The summed E-state index contributed by atoms with van der Waals surface area (Å²) in [6, 6.07) is 10.5. The van der Waals surface area contributed by atoms with Gasteiger partial charge in [-0.2, -0.15) is 5.26 Å². The molecule has 2 unspecified atom stereocenters. The Hall–Kier alpha value is -1.37. The molecule has 0 saturated carbocycles. The van der Waals surface area contributed by atoms with Crippen molar-refractivity contribution >= 4 is 0 Å². The Labute approximate surface area is 116 Å². The molecular weight excluding hydrogens is 234 g/mol. The molecule has 1 aromatic carbocycles. The van der Waals surface area contributed by atoms with Gasteiger partial charge in [0.05, 0.1) is 11.6 Å². The van der Waals surface area contributed by atoms with Crippen molar-refractivity contribution < 1.29 is 0 Å². The lowest BCUT2D eigenvalue weighted by molar-refractivity contribution is 0.178. The Kier molecular flexibility index (Phi) is 4.95. The Morgan fingerprint density at radius 3 is 2.79 bits per heavy atom. The van der Waals surface area contributed by atoms with Crippen molar-refractivity contribution in [1.82, 2.24) is 10.2 Å². The van der Waals surface area contributed by atoms with Crippen LogP contribution in [0.1, 0.15) is 30.9 Å². The van der Waals surface area contributed by atoms with Crippen molar-refractivity contribution in [2.75, 3.05) is 20.1 Å². The summed E-state index contributed by atoms with van der Waals surface area (Å²) in [5, 5.41) is 12.4. The third-order valence-corrected chi connectivity index (χ3v) is 4.08. The maximum absolute atomic E-state index is 8.77. The van der Waals surface area contributed by atoms with E-state index in [1.807, 2.05) is 24.3 Å². The zero-order chi connectivity index (χ0) is 13.7. The maximum atomic E-state index is 8.77. The highest BCUT2D eigenvalue weighted by Gasteiger charge is 2.22. The molecule has 1 aliphatic rings. The van der Waals surface area contributed by atoms with Gasteiger partial charge in [-0.15, -0.1) is 0 Å². The topological polar surface area (TPSA) is 39.1 Å². The third-order valence-electron chi connectivity index (χ3n) is 4.08. The van der Waals surface area contributed by atoms with Crippen molar-refractivity contribution in [3.63, 3.8) is 0 Å². The zero-order valence-electron chi connectivity index (χ0n) is 11.9. The van der Waals surface area contributed by atoms with E-state index in [1.165, 1.54) is 31.5 Å². The number of hydrogen-bond donors (Lipinski definition) is 1. The molecule has 0 aliphatic carbocycles. The number of likely N-dealkylation sites (tertiary alicyclic amines) is 1. The number of rotatable bonds is 4. The Bertz CT molecular complexity index is 432. The molecule has 0 radical (unpaired) electrons. The van der Waals surface area contributed by atoms with Gasteiger partial charge in [0.25, 0.3) is 0 Å². The van der Waals surface area contributed by atoms with Gasteiger partial charge in [0.1, 0.15) is 0 Å². The average molecular weight is 257 g/mol.